The Kier molecular flexibility index (Phi) is 6.18. The summed E-state index contributed by atoms with van der Waals surface area (Å²) >= 11 is 0. The minimum atomic E-state index is 0.139. The van der Waals surface area contributed by atoms with Gasteiger partial charge < -0.3 is 10.2 Å². The summed E-state index contributed by atoms with van der Waals surface area (Å²) in [5, 5.41) is 3.41. The van der Waals surface area contributed by atoms with E-state index in [-0.39, 0.29) is 5.91 Å². The van der Waals surface area contributed by atoms with Crippen LogP contribution in [0.5, 0.6) is 0 Å². The lowest BCUT2D eigenvalue weighted by Gasteiger charge is -2.25. The first-order chi connectivity index (χ1) is 12.3. The average molecular weight is 337 g/mol. The first-order valence-corrected chi connectivity index (χ1v) is 9.27. The zero-order valence-corrected chi connectivity index (χ0v) is 14.9. The number of hydrogen-bond acceptors (Lipinski definition) is 3. The molecule has 0 bridgehead atoms. The van der Waals surface area contributed by atoms with Crippen LogP contribution in [-0.4, -0.2) is 35.4 Å². The van der Waals surface area contributed by atoms with E-state index < -0.39 is 0 Å². The molecule has 0 aliphatic carbocycles. The Bertz CT molecular complexity index is 681. The Morgan fingerprint density at radius 2 is 2.16 bits per heavy atom. The van der Waals surface area contributed by atoms with Gasteiger partial charge in [-0.1, -0.05) is 37.6 Å². The Morgan fingerprint density at radius 3 is 2.88 bits per heavy atom. The van der Waals surface area contributed by atoms with Gasteiger partial charge in [-0.2, -0.15) is 0 Å². The van der Waals surface area contributed by atoms with E-state index in [2.05, 4.69) is 23.3 Å². The number of carbonyl (C=O) groups is 1. The molecule has 1 fully saturated rings. The van der Waals surface area contributed by atoms with Crippen LogP contribution < -0.4 is 5.32 Å². The molecule has 0 spiro atoms. The second-order valence-electron chi connectivity index (χ2n) is 6.72. The van der Waals surface area contributed by atoms with Crippen molar-refractivity contribution >= 4 is 5.91 Å². The number of aromatic nitrogens is 1. The summed E-state index contributed by atoms with van der Waals surface area (Å²) in [5.74, 6) is 0.575. The van der Waals surface area contributed by atoms with Crippen molar-refractivity contribution in [2.75, 3.05) is 19.6 Å². The topological polar surface area (TPSA) is 45.2 Å². The minimum Gasteiger partial charge on any atom is -0.334 e. The van der Waals surface area contributed by atoms with Crippen molar-refractivity contribution in [1.29, 1.82) is 0 Å². The predicted octanol–water partition coefficient (Wildman–Crippen LogP) is 3.60. The van der Waals surface area contributed by atoms with E-state index >= 15 is 0 Å². The Balaban J connectivity index is 1.84. The van der Waals surface area contributed by atoms with Gasteiger partial charge in [-0.3, -0.25) is 9.78 Å². The van der Waals surface area contributed by atoms with E-state index in [0.717, 1.165) is 50.0 Å². The number of pyridine rings is 1. The van der Waals surface area contributed by atoms with Gasteiger partial charge in [-0.05, 0) is 48.6 Å². The van der Waals surface area contributed by atoms with Crippen molar-refractivity contribution in [3.8, 4) is 0 Å². The molecule has 1 atom stereocenters. The molecule has 2 aromatic rings. The number of carbonyl (C=O) groups excluding carboxylic acids is 1. The first kappa shape index (κ1) is 17.6. The van der Waals surface area contributed by atoms with Crippen molar-refractivity contribution in [1.82, 2.24) is 15.2 Å². The fraction of sp³-hybridized carbons (Fsp3) is 0.429. The van der Waals surface area contributed by atoms with Gasteiger partial charge in [-0.25, -0.2) is 0 Å². The molecule has 2 heterocycles. The summed E-state index contributed by atoms with van der Waals surface area (Å²) in [6, 6.07) is 12.1. The lowest BCUT2D eigenvalue weighted by atomic mass is 9.92. The summed E-state index contributed by atoms with van der Waals surface area (Å²) in [5.41, 5.74) is 3.12. The third-order valence-electron chi connectivity index (χ3n) is 4.86. The summed E-state index contributed by atoms with van der Waals surface area (Å²) in [6.45, 7) is 5.54. The van der Waals surface area contributed by atoms with Crippen LogP contribution in [-0.2, 0) is 6.54 Å². The van der Waals surface area contributed by atoms with Gasteiger partial charge in [-0.15, -0.1) is 0 Å². The number of hydrogen-bond donors (Lipinski definition) is 1. The predicted molar refractivity (Wildman–Crippen MR) is 101 cm³/mol. The largest absolute Gasteiger partial charge is 0.334 e. The number of rotatable bonds is 7. The summed E-state index contributed by atoms with van der Waals surface area (Å²) in [4.78, 5) is 19.5. The number of benzene rings is 1. The molecule has 4 nitrogen and oxygen atoms in total. The monoisotopic (exact) mass is 337 g/mol. The molecule has 1 unspecified atom stereocenters. The van der Waals surface area contributed by atoms with Crippen LogP contribution in [0.4, 0.5) is 0 Å². The van der Waals surface area contributed by atoms with Crippen molar-refractivity contribution in [3.05, 3.63) is 65.5 Å². The Hall–Kier alpha value is -2.20. The maximum atomic E-state index is 13.3. The lowest BCUT2D eigenvalue weighted by molar-refractivity contribution is 0.0739. The van der Waals surface area contributed by atoms with E-state index in [0.29, 0.717) is 12.5 Å². The third kappa shape index (κ3) is 4.45. The van der Waals surface area contributed by atoms with Crippen molar-refractivity contribution < 1.29 is 4.79 Å². The third-order valence-corrected chi connectivity index (χ3v) is 4.86. The quantitative estimate of drug-likeness (QED) is 0.839. The molecule has 1 aliphatic rings. The molecule has 1 N–H and O–H groups in total. The van der Waals surface area contributed by atoms with Gasteiger partial charge in [0.15, 0.2) is 0 Å². The smallest absolute Gasteiger partial charge is 0.254 e. The minimum absolute atomic E-state index is 0.139. The van der Waals surface area contributed by atoms with Crippen molar-refractivity contribution in [2.45, 2.75) is 38.6 Å². The standard InChI is InChI=1S/C21H27N3O/c1-2-3-13-24(16-17-7-6-11-22-14-17)21(25)20-9-5-4-8-19(20)18-10-12-23-15-18/h4-9,11,14,18,23H,2-3,10,12-13,15-16H2,1H3. The maximum Gasteiger partial charge on any atom is 0.254 e. The van der Waals surface area contributed by atoms with Gasteiger partial charge in [0.1, 0.15) is 0 Å². The van der Waals surface area contributed by atoms with Crippen LogP contribution in [0.25, 0.3) is 0 Å². The zero-order chi connectivity index (χ0) is 17.5. The van der Waals surface area contributed by atoms with Crippen LogP contribution in [0.2, 0.25) is 0 Å². The second-order valence-corrected chi connectivity index (χ2v) is 6.72. The Morgan fingerprint density at radius 1 is 1.28 bits per heavy atom. The normalized spacial score (nSPS) is 16.8. The summed E-state index contributed by atoms with van der Waals surface area (Å²) in [7, 11) is 0. The zero-order valence-electron chi connectivity index (χ0n) is 14.9. The number of unbranched alkanes of at least 4 members (excludes halogenated alkanes) is 1. The molecule has 1 saturated heterocycles. The van der Waals surface area contributed by atoms with E-state index in [1.54, 1.807) is 6.20 Å². The van der Waals surface area contributed by atoms with Gasteiger partial charge in [0.05, 0.1) is 0 Å². The van der Waals surface area contributed by atoms with Crippen molar-refractivity contribution in [3.63, 3.8) is 0 Å². The SMILES string of the molecule is CCCCN(Cc1cccnc1)C(=O)c1ccccc1C1CCNC1. The van der Waals surface area contributed by atoms with Crippen molar-refractivity contribution in [2.24, 2.45) is 0 Å². The maximum absolute atomic E-state index is 13.3. The van der Waals surface area contributed by atoms with Gasteiger partial charge >= 0.3 is 0 Å². The molecule has 3 rings (SSSR count). The molecule has 25 heavy (non-hydrogen) atoms. The summed E-state index contributed by atoms with van der Waals surface area (Å²) in [6.07, 6.45) is 6.80. The molecule has 4 heteroatoms. The highest BCUT2D eigenvalue weighted by Gasteiger charge is 2.24. The molecular formula is C21H27N3O. The lowest BCUT2D eigenvalue weighted by Crippen LogP contribution is -2.32. The van der Waals surface area contributed by atoms with Crippen LogP contribution in [0.1, 0.15) is 53.6 Å². The highest BCUT2D eigenvalue weighted by atomic mass is 16.2. The van der Waals surface area contributed by atoms with Gasteiger partial charge in [0.25, 0.3) is 5.91 Å². The molecule has 132 valence electrons. The molecule has 1 aromatic heterocycles. The second kappa shape index (κ2) is 8.77. The molecule has 0 saturated carbocycles. The number of nitrogens with one attached hydrogen (secondary N) is 1. The van der Waals surface area contributed by atoms with Crippen LogP contribution >= 0.6 is 0 Å². The molecule has 1 amide bonds. The number of amides is 1. The van der Waals surface area contributed by atoms with Gasteiger partial charge in [0.2, 0.25) is 0 Å². The van der Waals surface area contributed by atoms with Crippen LogP contribution in [0.3, 0.4) is 0 Å². The number of nitrogens with zero attached hydrogens (tertiary/aromatic N) is 2. The molecule has 1 aliphatic heterocycles. The average Bonchev–Trinajstić information content (AvgIpc) is 3.20. The van der Waals surface area contributed by atoms with Gasteiger partial charge in [0, 0.05) is 37.6 Å². The molecule has 1 aromatic carbocycles. The fourth-order valence-corrected chi connectivity index (χ4v) is 3.45. The van der Waals surface area contributed by atoms with Crippen LogP contribution in [0.15, 0.2) is 48.8 Å². The highest BCUT2D eigenvalue weighted by molar-refractivity contribution is 5.96. The van der Waals surface area contributed by atoms with E-state index in [4.69, 9.17) is 0 Å². The van der Waals surface area contributed by atoms with E-state index in [9.17, 15) is 4.79 Å². The fourth-order valence-electron chi connectivity index (χ4n) is 3.45. The molecular weight excluding hydrogens is 310 g/mol. The van der Waals surface area contributed by atoms with E-state index in [1.807, 2.05) is 41.4 Å². The Labute approximate surface area is 150 Å². The van der Waals surface area contributed by atoms with E-state index in [1.165, 1.54) is 5.56 Å². The molecule has 0 radical (unpaired) electrons. The highest BCUT2D eigenvalue weighted by Crippen LogP contribution is 2.27. The summed E-state index contributed by atoms with van der Waals surface area (Å²) < 4.78 is 0. The van der Waals surface area contributed by atoms with Crippen LogP contribution in [0, 0.1) is 0 Å². The first-order valence-electron chi connectivity index (χ1n) is 9.27.